The lowest BCUT2D eigenvalue weighted by atomic mass is 9.80. The third kappa shape index (κ3) is 2.54. The SMILES string of the molecule is N#CC1CCN(c2cc(C3CC(O)C3)ncn2)CC1. The van der Waals surface area contributed by atoms with E-state index >= 15 is 0 Å². The molecule has 1 N–H and O–H groups in total. The lowest BCUT2D eigenvalue weighted by Gasteiger charge is -2.33. The number of aliphatic hydroxyl groups is 1. The molecule has 19 heavy (non-hydrogen) atoms. The van der Waals surface area contributed by atoms with Crippen molar-refractivity contribution in [2.45, 2.75) is 37.7 Å². The highest BCUT2D eigenvalue weighted by molar-refractivity contribution is 5.40. The summed E-state index contributed by atoms with van der Waals surface area (Å²) in [5, 5.41) is 18.3. The van der Waals surface area contributed by atoms with E-state index in [2.05, 4.69) is 20.9 Å². The molecule has 2 heterocycles. The van der Waals surface area contributed by atoms with E-state index in [0.29, 0.717) is 5.92 Å². The minimum atomic E-state index is -0.158. The van der Waals surface area contributed by atoms with Gasteiger partial charge in [-0.2, -0.15) is 5.26 Å². The lowest BCUT2D eigenvalue weighted by Crippen LogP contribution is -2.34. The third-order valence-corrected chi connectivity index (χ3v) is 4.21. The predicted octanol–water partition coefficient (Wildman–Crippen LogP) is 1.45. The molecule has 100 valence electrons. The molecule has 5 nitrogen and oxygen atoms in total. The second-order valence-corrected chi connectivity index (χ2v) is 5.51. The molecule has 2 fully saturated rings. The van der Waals surface area contributed by atoms with Crippen LogP contribution < -0.4 is 4.90 Å². The van der Waals surface area contributed by atoms with Crippen LogP contribution in [0.5, 0.6) is 0 Å². The summed E-state index contributed by atoms with van der Waals surface area (Å²) >= 11 is 0. The van der Waals surface area contributed by atoms with Gasteiger partial charge in [0.1, 0.15) is 12.1 Å². The molecular formula is C14H18N4O. The Morgan fingerprint density at radius 1 is 1.26 bits per heavy atom. The number of nitriles is 1. The van der Waals surface area contributed by atoms with E-state index in [0.717, 1.165) is 50.3 Å². The maximum atomic E-state index is 9.37. The van der Waals surface area contributed by atoms with Crippen LogP contribution in [0.25, 0.3) is 0 Å². The first-order chi connectivity index (χ1) is 9.26. The summed E-state index contributed by atoms with van der Waals surface area (Å²) < 4.78 is 0. The zero-order valence-corrected chi connectivity index (χ0v) is 10.9. The van der Waals surface area contributed by atoms with Crippen LogP contribution in [0, 0.1) is 17.2 Å². The van der Waals surface area contributed by atoms with Gasteiger partial charge in [0.25, 0.3) is 0 Å². The molecule has 1 aromatic rings. The number of rotatable bonds is 2. The van der Waals surface area contributed by atoms with Crippen molar-refractivity contribution >= 4 is 5.82 Å². The Balaban J connectivity index is 1.68. The highest BCUT2D eigenvalue weighted by Gasteiger charge is 2.30. The van der Waals surface area contributed by atoms with Gasteiger partial charge < -0.3 is 10.0 Å². The van der Waals surface area contributed by atoms with E-state index in [1.54, 1.807) is 6.33 Å². The average Bonchev–Trinajstić information content (AvgIpc) is 2.44. The average molecular weight is 258 g/mol. The van der Waals surface area contributed by atoms with E-state index in [4.69, 9.17) is 5.26 Å². The van der Waals surface area contributed by atoms with E-state index < -0.39 is 0 Å². The number of aliphatic hydroxyl groups excluding tert-OH is 1. The summed E-state index contributed by atoms with van der Waals surface area (Å²) in [6.07, 6.45) is 4.91. The fourth-order valence-electron chi connectivity index (χ4n) is 2.82. The van der Waals surface area contributed by atoms with Gasteiger partial charge in [0.15, 0.2) is 0 Å². The van der Waals surface area contributed by atoms with Gasteiger partial charge in [-0.25, -0.2) is 9.97 Å². The molecule has 0 radical (unpaired) electrons. The molecule has 1 aliphatic carbocycles. The number of anilines is 1. The topological polar surface area (TPSA) is 73.0 Å². The fourth-order valence-corrected chi connectivity index (χ4v) is 2.82. The summed E-state index contributed by atoms with van der Waals surface area (Å²) in [6, 6.07) is 4.39. The largest absolute Gasteiger partial charge is 0.393 e. The van der Waals surface area contributed by atoms with Crippen molar-refractivity contribution in [3.05, 3.63) is 18.1 Å². The first-order valence-electron chi connectivity index (χ1n) is 6.91. The molecule has 1 aromatic heterocycles. The first-order valence-corrected chi connectivity index (χ1v) is 6.91. The molecule has 0 spiro atoms. The van der Waals surface area contributed by atoms with Crippen molar-refractivity contribution in [2.75, 3.05) is 18.0 Å². The zero-order valence-electron chi connectivity index (χ0n) is 10.9. The van der Waals surface area contributed by atoms with Gasteiger partial charge in [0.2, 0.25) is 0 Å². The Morgan fingerprint density at radius 2 is 2.00 bits per heavy atom. The van der Waals surface area contributed by atoms with Crippen molar-refractivity contribution in [1.29, 1.82) is 5.26 Å². The van der Waals surface area contributed by atoms with E-state index in [1.807, 2.05) is 6.07 Å². The van der Waals surface area contributed by atoms with Crippen molar-refractivity contribution in [3.63, 3.8) is 0 Å². The fraction of sp³-hybridized carbons (Fsp3) is 0.643. The molecule has 0 amide bonds. The Bertz CT molecular complexity index is 484. The lowest BCUT2D eigenvalue weighted by molar-refractivity contribution is 0.0732. The maximum Gasteiger partial charge on any atom is 0.132 e. The van der Waals surface area contributed by atoms with Crippen LogP contribution >= 0.6 is 0 Å². The van der Waals surface area contributed by atoms with Gasteiger partial charge in [0, 0.05) is 36.7 Å². The molecule has 3 rings (SSSR count). The highest BCUT2D eigenvalue weighted by atomic mass is 16.3. The first kappa shape index (κ1) is 12.4. The summed E-state index contributed by atoms with van der Waals surface area (Å²) in [7, 11) is 0. The van der Waals surface area contributed by atoms with Crippen molar-refractivity contribution < 1.29 is 5.11 Å². The van der Waals surface area contributed by atoms with Crippen LogP contribution in [0.2, 0.25) is 0 Å². The molecule has 1 saturated heterocycles. The van der Waals surface area contributed by atoms with E-state index in [1.165, 1.54) is 0 Å². The van der Waals surface area contributed by atoms with Gasteiger partial charge >= 0.3 is 0 Å². The number of piperidine rings is 1. The molecule has 0 unspecified atom stereocenters. The molecular weight excluding hydrogens is 240 g/mol. The second kappa shape index (κ2) is 5.14. The van der Waals surface area contributed by atoms with Crippen LogP contribution in [0.4, 0.5) is 5.82 Å². The van der Waals surface area contributed by atoms with Gasteiger partial charge in [-0.05, 0) is 25.7 Å². The van der Waals surface area contributed by atoms with Crippen molar-refractivity contribution in [2.24, 2.45) is 5.92 Å². The van der Waals surface area contributed by atoms with Gasteiger partial charge in [0.05, 0.1) is 12.2 Å². The smallest absolute Gasteiger partial charge is 0.132 e. The Morgan fingerprint density at radius 3 is 2.63 bits per heavy atom. The minimum Gasteiger partial charge on any atom is -0.393 e. The Hall–Kier alpha value is -1.67. The van der Waals surface area contributed by atoms with Crippen molar-refractivity contribution in [3.8, 4) is 6.07 Å². The van der Waals surface area contributed by atoms with Crippen LogP contribution in [0.3, 0.4) is 0 Å². The normalized spacial score (nSPS) is 27.7. The van der Waals surface area contributed by atoms with Gasteiger partial charge in [-0.15, -0.1) is 0 Å². The van der Waals surface area contributed by atoms with E-state index in [9.17, 15) is 5.11 Å². The molecule has 2 aliphatic rings. The third-order valence-electron chi connectivity index (χ3n) is 4.21. The molecule has 5 heteroatoms. The zero-order chi connectivity index (χ0) is 13.2. The molecule has 0 atom stereocenters. The van der Waals surface area contributed by atoms with E-state index in [-0.39, 0.29) is 12.0 Å². The van der Waals surface area contributed by atoms with Crippen LogP contribution in [0.15, 0.2) is 12.4 Å². The Labute approximate surface area is 112 Å². The summed E-state index contributed by atoms with van der Waals surface area (Å²) in [5.41, 5.74) is 1.04. The maximum absolute atomic E-state index is 9.37. The minimum absolute atomic E-state index is 0.158. The molecule has 0 aromatic carbocycles. The predicted molar refractivity (Wildman–Crippen MR) is 70.6 cm³/mol. The van der Waals surface area contributed by atoms with Gasteiger partial charge in [-0.1, -0.05) is 0 Å². The number of aromatic nitrogens is 2. The van der Waals surface area contributed by atoms with Crippen LogP contribution in [-0.4, -0.2) is 34.3 Å². The standard InChI is InChI=1S/C14H18N4O/c15-8-10-1-3-18(4-2-10)14-7-13(16-9-17-14)11-5-12(19)6-11/h7,9-12,19H,1-6H2. The summed E-state index contributed by atoms with van der Waals surface area (Å²) in [4.78, 5) is 10.9. The molecule has 0 bridgehead atoms. The monoisotopic (exact) mass is 258 g/mol. The number of hydrogen-bond acceptors (Lipinski definition) is 5. The van der Waals surface area contributed by atoms with Crippen molar-refractivity contribution in [1.82, 2.24) is 9.97 Å². The molecule has 1 saturated carbocycles. The van der Waals surface area contributed by atoms with Crippen LogP contribution in [0.1, 0.15) is 37.3 Å². The Kier molecular flexibility index (Phi) is 3.34. The quantitative estimate of drug-likeness (QED) is 0.869. The summed E-state index contributed by atoms with van der Waals surface area (Å²) in [6.45, 7) is 1.78. The van der Waals surface area contributed by atoms with Crippen LogP contribution in [-0.2, 0) is 0 Å². The van der Waals surface area contributed by atoms with Gasteiger partial charge in [-0.3, -0.25) is 0 Å². The number of hydrogen-bond donors (Lipinski definition) is 1. The second-order valence-electron chi connectivity index (χ2n) is 5.51. The summed E-state index contributed by atoms with van der Waals surface area (Å²) in [5.74, 6) is 1.54. The highest BCUT2D eigenvalue weighted by Crippen LogP contribution is 2.36. The molecule has 1 aliphatic heterocycles. The number of nitrogens with zero attached hydrogens (tertiary/aromatic N) is 4.